The molecule has 4 fully saturated rings. The molecule has 0 unspecified atom stereocenters. The fourth-order valence-electron chi connectivity index (χ4n) is 10.1. The van der Waals surface area contributed by atoms with Crippen molar-refractivity contribution in [1.29, 1.82) is 0 Å². The third kappa shape index (κ3) is 3.92. The van der Waals surface area contributed by atoms with Gasteiger partial charge in [0.15, 0.2) is 0 Å². The molecular formula is C32H44FNO4. The zero-order valence-electron chi connectivity index (χ0n) is 23.0. The van der Waals surface area contributed by atoms with Gasteiger partial charge < -0.3 is 15.3 Å². The van der Waals surface area contributed by atoms with Gasteiger partial charge >= 0.3 is 0 Å². The van der Waals surface area contributed by atoms with Gasteiger partial charge in [-0.2, -0.15) is 0 Å². The molecule has 2 aromatic rings. The summed E-state index contributed by atoms with van der Waals surface area (Å²) in [6, 6.07) is 6.29. The van der Waals surface area contributed by atoms with Crippen molar-refractivity contribution in [3.63, 3.8) is 0 Å². The normalized spacial score (nSPS) is 43.3. The second kappa shape index (κ2) is 9.42. The molecule has 6 rings (SSSR count). The molecule has 208 valence electrons. The van der Waals surface area contributed by atoms with Crippen LogP contribution in [0.2, 0.25) is 0 Å². The molecule has 1 aromatic carbocycles. The molecule has 0 aliphatic heterocycles. The predicted octanol–water partition coefficient (Wildman–Crippen LogP) is 5.80. The lowest BCUT2D eigenvalue weighted by atomic mass is 9.43. The highest BCUT2D eigenvalue weighted by atomic mass is 19.1. The van der Waals surface area contributed by atoms with Gasteiger partial charge in [0.1, 0.15) is 5.82 Å². The summed E-state index contributed by atoms with van der Waals surface area (Å²) in [5.74, 6) is 1.38. The topological polar surface area (TPSA) is 82.7 Å². The van der Waals surface area contributed by atoms with Crippen LogP contribution in [0.1, 0.15) is 83.4 Å². The molecule has 6 heteroatoms. The molecule has 11 atom stereocenters. The number of fused-ring (bicyclic) bond motifs is 6. The SMILES string of the molecule is C[C@H](CCC(=O)n1ccc2cc(F)ccc21)[C@H]1CC[C@H]2[C@@H]3[C@H](O)C[C@@H]4C[C@H](O)CC[C@]4(C)[C@H]3C[C@H](O)[C@]12C. The van der Waals surface area contributed by atoms with E-state index >= 15 is 0 Å². The smallest absolute Gasteiger partial charge is 0.231 e. The van der Waals surface area contributed by atoms with Gasteiger partial charge in [-0.15, -0.1) is 0 Å². The lowest BCUT2D eigenvalue weighted by Crippen LogP contribution is -2.62. The van der Waals surface area contributed by atoms with Crippen LogP contribution in [-0.4, -0.2) is 44.1 Å². The third-order valence-electron chi connectivity index (χ3n) is 12.3. The highest BCUT2D eigenvalue weighted by Crippen LogP contribution is 2.68. The summed E-state index contributed by atoms with van der Waals surface area (Å²) in [7, 11) is 0. The second-order valence-corrected chi connectivity index (χ2v) is 13.8. The summed E-state index contributed by atoms with van der Waals surface area (Å²) in [5.41, 5.74) is 0.544. The van der Waals surface area contributed by atoms with Crippen molar-refractivity contribution in [2.75, 3.05) is 0 Å². The van der Waals surface area contributed by atoms with Crippen molar-refractivity contribution in [1.82, 2.24) is 4.57 Å². The van der Waals surface area contributed by atoms with Crippen LogP contribution in [0.3, 0.4) is 0 Å². The highest BCUT2D eigenvalue weighted by molar-refractivity contribution is 5.92. The Morgan fingerprint density at radius 3 is 2.66 bits per heavy atom. The van der Waals surface area contributed by atoms with E-state index in [0.717, 1.165) is 62.3 Å². The largest absolute Gasteiger partial charge is 0.393 e. The van der Waals surface area contributed by atoms with Crippen LogP contribution in [-0.2, 0) is 0 Å². The summed E-state index contributed by atoms with van der Waals surface area (Å²) in [4.78, 5) is 13.1. The monoisotopic (exact) mass is 525 g/mol. The number of aliphatic hydroxyl groups is 3. The minimum absolute atomic E-state index is 0.0172. The number of hydrogen-bond acceptors (Lipinski definition) is 4. The van der Waals surface area contributed by atoms with Crippen LogP contribution in [0.15, 0.2) is 30.5 Å². The number of benzene rings is 1. The molecule has 0 spiro atoms. The summed E-state index contributed by atoms with van der Waals surface area (Å²) >= 11 is 0. The summed E-state index contributed by atoms with van der Waals surface area (Å²) < 4.78 is 15.2. The molecule has 0 radical (unpaired) electrons. The average molecular weight is 526 g/mol. The van der Waals surface area contributed by atoms with Crippen LogP contribution in [0.25, 0.3) is 10.9 Å². The lowest BCUT2D eigenvalue weighted by molar-refractivity contribution is -0.207. The fourth-order valence-corrected chi connectivity index (χ4v) is 10.1. The Bertz CT molecular complexity index is 1210. The van der Waals surface area contributed by atoms with Crippen molar-refractivity contribution >= 4 is 16.8 Å². The maximum Gasteiger partial charge on any atom is 0.231 e. The highest BCUT2D eigenvalue weighted by Gasteiger charge is 2.65. The third-order valence-corrected chi connectivity index (χ3v) is 12.3. The summed E-state index contributed by atoms with van der Waals surface area (Å²) in [5, 5.41) is 34.3. The van der Waals surface area contributed by atoms with Crippen LogP contribution in [0, 0.1) is 52.2 Å². The average Bonchev–Trinajstić information content (AvgIpc) is 3.45. The maximum atomic E-state index is 13.6. The summed E-state index contributed by atoms with van der Waals surface area (Å²) in [6.07, 6.45) is 7.94. The Labute approximate surface area is 225 Å². The first kappa shape index (κ1) is 26.5. The van der Waals surface area contributed by atoms with E-state index in [9.17, 15) is 24.5 Å². The quantitative estimate of drug-likeness (QED) is 0.471. The molecule has 38 heavy (non-hydrogen) atoms. The zero-order chi connectivity index (χ0) is 27.0. The van der Waals surface area contributed by atoms with Gasteiger partial charge in [0.25, 0.3) is 0 Å². The van der Waals surface area contributed by atoms with E-state index < -0.39 is 6.10 Å². The Balaban J connectivity index is 1.18. The number of nitrogens with zero attached hydrogens (tertiary/aromatic N) is 1. The van der Waals surface area contributed by atoms with Crippen LogP contribution >= 0.6 is 0 Å². The molecule has 4 aliphatic carbocycles. The van der Waals surface area contributed by atoms with Gasteiger partial charge in [0.05, 0.1) is 23.8 Å². The molecular weight excluding hydrogens is 481 g/mol. The van der Waals surface area contributed by atoms with Crippen molar-refractivity contribution in [2.24, 2.45) is 46.3 Å². The molecule has 5 nitrogen and oxygen atoms in total. The Morgan fingerprint density at radius 1 is 1.08 bits per heavy atom. The van der Waals surface area contributed by atoms with E-state index in [1.54, 1.807) is 22.9 Å². The molecule has 4 aliphatic rings. The van der Waals surface area contributed by atoms with Gasteiger partial charge in [0, 0.05) is 18.0 Å². The number of carbonyl (C=O) groups excluding carboxylic acids is 1. The molecule has 0 bridgehead atoms. The van der Waals surface area contributed by atoms with Crippen LogP contribution in [0.4, 0.5) is 4.39 Å². The molecule has 1 heterocycles. The zero-order valence-corrected chi connectivity index (χ0v) is 23.0. The maximum absolute atomic E-state index is 13.6. The molecule has 0 saturated heterocycles. The van der Waals surface area contributed by atoms with E-state index in [2.05, 4.69) is 20.8 Å². The number of halogens is 1. The van der Waals surface area contributed by atoms with E-state index in [1.807, 2.05) is 0 Å². The Hall–Kier alpha value is -1.76. The van der Waals surface area contributed by atoms with Crippen molar-refractivity contribution in [3.05, 3.63) is 36.3 Å². The van der Waals surface area contributed by atoms with Gasteiger partial charge in [-0.1, -0.05) is 20.8 Å². The summed E-state index contributed by atoms with van der Waals surface area (Å²) in [6.45, 7) is 6.85. The van der Waals surface area contributed by atoms with Crippen LogP contribution in [0.5, 0.6) is 0 Å². The van der Waals surface area contributed by atoms with Crippen molar-refractivity contribution in [2.45, 2.75) is 96.9 Å². The molecule has 1 aromatic heterocycles. The van der Waals surface area contributed by atoms with Gasteiger partial charge in [-0.05, 0) is 122 Å². The molecule has 3 N–H and O–H groups in total. The van der Waals surface area contributed by atoms with E-state index in [0.29, 0.717) is 24.2 Å². The first-order chi connectivity index (χ1) is 18.0. The second-order valence-electron chi connectivity index (χ2n) is 13.8. The number of aliphatic hydroxyl groups excluding tert-OH is 3. The number of aromatic nitrogens is 1. The van der Waals surface area contributed by atoms with E-state index in [4.69, 9.17) is 0 Å². The van der Waals surface area contributed by atoms with Crippen LogP contribution < -0.4 is 0 Å². The number of hydrogen-bond donors (Lipinski definition) is 3. The number of carbonyl (C=O) groups is 1. The van der Waals surface area contributed by atoms with Crippen molar-refractivity contribution < 1.29 is 24.5 Å². The molecule has 0 amide bonds. The van der Waals surface area contributed by atoms with Crippen molar-refractivity contribution in [3.8, 4) is 0 Å². The van der Waals surface area contributed by atoms with Gasteiger partial charge in [0.2, 0.25) is 5.91 Å². The minimum atomic E-state index is -0.419. The Morgan fingerprint density at radius 2 is 1.87 bits per heavy atom. The first-order valence-electron chi connectivity index (χ1n) is 14.9. The van der Waals surface area contributed by atoms with Gasteiger partial charge in [-0.3, -0.25) is 9.36 Å². The standard InChI is InChI=1S/C32H44FNO4/c1-18(4-9-29(38)34-13-11-19-14-21(33)5-8-26(19)34)23-6-7-24-30-25(17-28(37)32(23,24)3)31(2)12-10-22(35)15-20(31)16-27(30)36/h5,8,11,13-14,18,20,22-25,27-28,30,35-37H,4,6-7,9-10,12,15-17H2,1-3H3/t18-,20+,22-,23-,24+,25+,27-,28+,30+,31+,32-/m1/s1. The fraction of sp³-hybridized carbons (Fsp3) is 0.719. The first-order valence-corrected chi connectivity index (χ1v) is 14.9. The lowest BCUT2D eigenvalue weighted by Gasteiger charge is -2.63. The minimum Gasteiger partial charge on any atom is -0.393 e. The molecule has 4 saturated carbocycles. The Kier molecular flexibility index (Phi) is 6.56. The van der Waals surface area contributed by atoms with E-state index in [1.165, 1.54) is 12.1 Å². The number of rotatable bonds is 4. The predicted molar refractivity (Wildman–Crippen MR) is 145 cm³/mol. The van der Waals surface area contributed by atoms with E-state index in [-0.39, 0.29) is 52.5 Å². The van der Waals surface area contributed by atoms with Gasteiger partial charge in [-0.25, -0.2) is 4.39 Å².